The number of H-pyrrole nitrogens is 1. The van der Waals surface area contributed by atoms with Crippen LogP contribution in [0.1, 0.15) is 30.1 Å². The van der Waals surface area contributed by atoms with Crippen molar-refractivity contribution in [1.82, 2.24) is 15.2 Å². The fourth-order valence-electron chi connectivity index (χ4n) is 3.03. The molecule has 2 aliphatic heterocycles. The van der Waals surface area contributed by atoms with Gasteiger partial charge in [0.05, 0.1) is 12.2 Å². The molecular weight excluding hydrogens is 220 g/mol. The van der Waals surface area contributed by atoms with E-state index in [2.05, 4.69) is 25.5 Å². The number of hydrogen-bond acceptors (Lipinski definition) is 4. The number of aromatic amines is 1. The SMILES string of the molecule is c1csc(N2C3CCC2c2cn[nH]c2C3)n1. The van der Waals surface area contributed by atoms with Crippen molar-refractivity contribution in [3.8, 4) is 0 Å². The van der Waals surface area contributed by atoms with Crippen molar-refractivity contribution in [3.05, 3.63) is 29.0 Å². The van der Waals surface area contributed by atoms with E-state index in [0.29, 0.717) is 12.1 Å². The molecule has 0 amide bonds. The molecule has 2 aromatic rings. The summed E-state index contributed by atoms with van der Waals surface area (Å²) in [6.07, 6.45) is 7.47. The van der Waals surface area contributed by atoms with E-state index in [4.69, 9.17) is 0 Å². The lowest BCUT2D eigenvalue weighted by molar-refractivity contribution is 0.591. The van der Waals surface area contributed by atoms with Crippen LogP contribution in [0.3, 0.4) is 0 Å². The van der Waals surface area contributed by atoms with Gasteiger partial charge >= 0.3 is 0 Å². The monoisotopic (exact) mass is 232 g/mol. The lowest BCUT2D eigenvalue weighted by atomic mass is 10.0. The first-order valence-electron chi connectivity index (χ1n) is 5.63. The lowest BCUT2D eigenvalue weighted by Gasteiger charge is -2.34. The average molecular weight is 232 g/mol. The summed E-state index contributed by atoms with van der Waals surface area (Å²) in [6.45, 7) is 0. The van der Waals surface area contributed by atoms with Crippen LogP contribution in [-0.4, -0.2) is 21.2 Å². The number of fused-ring (bicyclic) bond motifs is 4. The molecule has 4 nitrogen and oxygen atoms in total. The summed E-state index contributed by atoms with van der Waals surface area (Å²) < 4.78 is 0. The van der Waals surface area contributed by atoms with Crippen molar-refractivity contribution in [1.29, 1.82) is 0 Å². The molecule has 0 spiro atoms. The molecule has 0 aromatic carbocycles. The second-order valence-electron chi connectivity index (χ2n) is 4.48. The van der Waals surface area contributed by atoms with E-state index >= 15 is 0 Å². The van der Waals surface area contributed by atoms with Crippen LogP contribution < -0.4 is 4.90 Å². The minimum absolute atomic E-state index is 0.499. The summed E-state index contributed by atoms with van der Waals surface area (Å²) in [5.41, 5.74) is 2.71. The molecular formula is C11H12N4S. The van der Waals surface area contributed by atoms with Gasteiger partial charge in [-0.15, -0.1) is 11.3 Å². The standard InChI is InChI=1S/C11H12N4S/c1-2-10-8-6-13-14-9(8)5-7(1)15(10)11-12-3-4-16-11/h3-4,6-7,10H,1-2,5H2,(H,13,14). The molecule has 2 aromatic heterocycles. The number of nitrogens with one attached hydrogen (secondary N) is 1. The quantitative estimate of drug-likeness (QED) is 0.819. The maximum atomic E-state index is 4.45. The lowest BCUT2D eigenvalue weighted by Crippen LogP contribution is -2.37. The van der Waals surface area contributed by atoms with E-state index in [1.807, 2.05) is 12.4 Å². The van der Waals surface area contributed by atoms with Crippen molar-refractivity contribution in [2.45, 2.75) is 31.3 Å². The third-order valence-electron chi connectivity index (χ3n) is 3.69. The van der Waals surface area contributed by atoms with Crippen LogP contribution in [0.5, 0.6) is 0 Å². The minimum atomic E-state index is 0.499. The maximum absolute atomic E-state index is 4.45. The van der Waals surface area contributed by atoms with Crippen molar-refractivity contribution in [2.24, 2.45) is 0 Å². The van der Waals surface area contributed by atoms with Crippen molar-refractivity contribution < 1.29 is 0 Å². The Balaban J connectivity index is 1.82. The molecule has 2 unspecified atom stereocenters. The summed E-state index contributed by atoms with van der Waals surface area (Å²) in [6, 6.07) is 1.11. The summed E-state index contributed by atoms with van der Waals surface area (Å²) in [5.74, 6) is 0. The number of hydrogen-bond donors (Lipinski definition) is 1. The van der Waals surface area contributed by atoms with Crippen LogP contribution in [0.4, 0.5) is 5.13 Å². The molecule has 2 aliphatic rings. The number of anilines is 1. The zero-order chi connectivity index (χ0) is 10.5. The molecule has 1 saturated heterocycles. The Morgan fingerprint density at radius 2 is 2.44 bits per heavy atom. The average Bonchev–Trinajstić information content (AvgIpc) is 2.98. The first kappa shape index (κ1) is 8.75. The van der Waals surface area contributed by atoms with E-state index in [1.165, 1.54) is 29.2 Å². The van der Waals surface area contributed by atoms with Crippen LogP contribution in [0.25, 0.3) is 0 Å². The second kappa shape index (κ2) is 3.07. The first-order valence-corrected chi connectivity index (χ1v) is 6.51. The third kappa shape index (κ3) is 1.04. The van der Waals surface area contributed by atoms with Gasteiger partial charge in [-0.1, -0.05) is 0 Å². The third-order valence-corrected chi connectivity index (χ3v) is 4.48. The summed E-state index contributed by atoms with van der Waals surface area (Å²) in [4.78, 5) is 6.94. The van der Waals surface area contributed by atoms with E-state index < -0.39 is 0 Å². The Morgan fingerprint density at radius 3 is 3.31 bits per heavy atom. The van der Waals surface area contributed by atoms with Gasteiger partial charge in [0.2, 0.25) is 0 Å². The normalized spacial score (nSPS) is 27.1. The highest BCUT2D eigenvalue weighted by Gasteiger charge is 2.41. The second-order valence-corrected chi connectivity index (χ2v) is 5.35. The molecule has 5 heteroatoms. The highest BCUT2D eigenvalue weighted by Crippen LogP contribution is 2.45. The van der Waals surface area contributed by atoms with Gasteiger partial charge < -0.3 is 4.90 Å². The highest BCUT2D eigenvalue weighted by atomic mass is 32.1. The Labute approximate surface area is 97.3 Å². The van der Waals surface area contributed by atoms with Gasteiger partial charge in [0.15, 0.2) is 5.13 Å². The van der Waals surface area contributed by atoms with Gasteiger partial charge in [0.1, 0.15) is 0 Å². The van der Waals surface area contributed by atoms with Crippen LogP contribution in [-0.2, 0) is 6.42 Å². The van der Waals surface area contributed by atoms with Crippen molar-refractivity contribution in [3.63, 3.8) is 0 Å². The molecule has 0 aliphatic carbocycles. The highest BCUT2D eigenvalue weighted by molar-refractivity contribution is 7.13. The molecule has 82 valence electrons. The summed E-state index contributed by atoms with van der Waals surface area (Å²) in [5, 5.41) is 10.5. The van der Waals surface area contributed by atoms with Gasteiger partial charge in [-0.3, -0.25) is 5.10 Å². The number of nitrogens with zero attached hydrogens (tertiary/aromatic N) is 3. The predicted octanol–water partition coefficient (Wildman–Crippen LogP) is 2.13. The molecule has 0 saturated carbocycles. The van der Waals surface area contributed by atoms with E-state index in [9.17, 15) is 0 Å². The molecule has 4 heterocycles. The zero-order valence-electron chi connectivity index (χ0n) is 8.76. The molecule has 1 fully saturated rings. The van der Waals surface area contributed by atoms with E-state index in [0.717, 1.165) is 6.42 Å². The van der Waals surface area contributed by atoms with Crippen molar-refractivity contribution >= 4 is 16.5 Å². The van der Waals surface area contributed by atoms with Gasteiger partial charge in [-0.25, -0.2) is 4.98 Å². The van der Waals surface area contributed by atoms with Gasteiger partial charge in [0.25, 0.3) is 0 Å². The summed E-state index contributed by atoms with van der Waals surface area (Å²) in [7, 11) is 0. The van der Waals surface area contributed by atoms with E-state index in [1.54, 1.807) is 11.3 Å². The van der Waals surface area contributed by atoms with Gasteiger partial charge in [0, 0.05) is 35.3 Å². The molecule has 2 bridgehead atoms. The maximum Gasteiger partial charge on any atom is 0.186 e. The molecule has 1 N–H and O–H groups in total. The van der Waals surface area contributed by atoms with Gasteiger partial charge in [-0.2, -0.15) is 5.10 Å². The van der Waals surface area contributed by atoms with Crippen LogP contribution >= 0.6 is 11.3 Å². The number of rotatable bonds is 1. The fraction of sp³-hybridized carbons (Fsp3) is 0.455. The zero-order valence-corrected chi connectivity index (χ0v) is 9.57. The van der Waals surface area contributed by atoms with Crippen LogP contribution in [0, 0.1) is 0 Å². The van der Waals surface area contributed by atoms with Crippen LogP contribution in [0.15, 0.2) is 17.8 Å². The van der Waals surface area contributed by atoms with Gasteiger partial charge in [-0.05, 0) is 12.8 Å². The Bertz CT molecular complexity index is 504. The smallest absolute Gasteiger partial charge is 0.186 e. The van der Waals surface area contributed by atoms with E-state index in [-0.39, 0.29) is 0 Å². The fourth-order valence-corrected chi connectivity index (χ4v) is 3.79. The Kier molecular flexibility index (Phi) is 1.68. The Morgan fingerprint density at radius 1 is 1.44 bits per heavy atom. The molecule has 16 heavy (non-hydrogen) atoms. The molecule has 2 atom stereocenters. The van der Waals surface area contributed by atoms with Crippen LogP contribution in [0.2, 0.25) is 0 Å². The minimum Gasteiger partial charge on any atom is -0.338 e. The summed E-state index contributed by atoms with van der Waals surface area (Å²) >= 11 is 1.74. The largest absolute Gasteiger partial charge is 0.338 e. The topological polar surface area (TPSA) is 44.8 Å². The first-order chi connectivity index (χ1) is 7.93. The predicted molar refractivity (Wildman–Crippen MR) is 62.6 cm³/mol. The number of aromatic nitrogens is 3. The molecule has 0 radical (unpaired) electrons. The Hall–Kier alpha value is -1.36. The molecule has 4 rings (SSSR count). The van der Waals surface area contributed by atoms with Crippen molar-refractivity contribution in [2.75, 3.05) is 4.90 Å². The number of thiazole rings is 1.